The standard InChI is InChI=1S/C10H20N2S/c1-12-5-3-10(8-12)6-9(2-4-11)7-13-10/h9H,2-8,11H2,1H3. The first-order valence-electron chi connectivity index (χ1n) is 5.27. The molecule has 2 saturated heterocycles. The fourth-order valence-electron chi connectivity index (χ4n) is 2.69. The van der Waals surface area contributed by atoms with Crippen LogP contribution in [0.25, 0.3) is 0 Å². The van der Waals surface area contributed by atoms with E-state index in [1.807, 2.05) is 0 Å². The summed E-state index contributed by atoms with van der Waals surface area (Å²) in [5.41, 5.74) is 5.60. The van der Waals surface area contributed by atoms with Gasteiger partial charge in [0.25, 0.3) is 0 Å². The Bertz CT molecular complexity index is 186. The second-order valence-electron chi connectivity index (χ2n) is 4.63. The van der Waals surface area contributed by atoms with E-state index >= 15 is 0 Å². The quantitative estimate of drug-likeness (QED) is 0.725. The van der Waals surface area contributed by atoms with E-state index in [2.05, 4.69) is 23.7 Å². The molecule has 0 aromatic carbocycles. The molecule has 2 rings (SSSR count). The molecule has 76 valence electrons. The van der Waals surface area contributed by atoms with Crippen molar-refractivity contribution in [2.75, 3.05) is 32.4 Å². The minimum Gasteiger partial charge on any atom is -0.330 e. The minimum absolute atomic E-state index is 0.620. The van der Waals surface area contributed by atoms with Gasteiger partial charge in [0.2, 0.25) is 0 Å². The highest BCUT2D eigenvalue weighted by atomic mass is 32.2. The lowest BCUT2D eigenvalue weighted by molar-refractivity contribution is 0.387. The maximum atomic E-state index is 5.60. The Morgan fingerprint density at radius 3 is 3.08 bits per heavy atom. The van der Waals surface area contributed by atoms with Gasteiger partial charge < -0.3 is 10.6 Å². The van der Waals surface area contributed by atoms with Gasteiger partial charge in [0, 0.05) is 11.3 Å². The van der Waals surface area contributed by atoms with E-state index < -0.39 is 0 Å². The maximum absolute atomic E-state index is 5.60. The summed E-state index contributed by atoms with van der Waals surface area (Å²) in [7, 11) is 2.24. The van der Waals surface area contributed by atoms with Crippen LogP contribution in [0.15, 0.2) is 0 Å². The number of hydrogen-bond acceptors (Lipinski definition) is 3. The lowest BCUT2D eigenvalue weighted by atomic mass is 9.93. The van der Waals surface area contributed by atoms with Crippen LogP contribution in [0.3, 0.4) is 0 Å². The molecule has 2 aliphatic heterocycles. The van der Waals surface area contributed by atoms with Gasteiger partial charge >= 0.3 is 0 Å². The van der Waals surface area contributed by atoms with Crippen molar-refractivity contribution in [1.29, 1.82) is 0 Å². The minimum atomic E-state index is 0.620. The first-order chi connectivity index (χ1) is 6.24. The van der Waals surface area contributed by atoms with Gasteiger partial charge in [-0.15, -0.1) is 0 Å². The van der Waals surface area contributed by atoms with Gasteiger partial charge in [0.15, 0.2) is 0 Å². The Morgan fingerprint density at radius 2 is 2.46 bits per heavy atom. The molecule has 0 aliphatic carbocycles. The summed E-state index contributed by atoms with van der Waals surface area (Å²) in [6, 6.07) is 0. The van der Waals surface area contributed by atoms with Crippen molar-refractivity contribution in [3.05, 3.63) is 0 Å². The third-order valence-corrected chi connectivity index (χ3v) is 5.12. The summed E-state index contributed by atoms with van der Waals surface area (Å²) in [5.74, 6) is 2.26. The lowest BCUT2D eigenvalue weighted by Crippen LogP contribution is -2.26. The highest BCUT2D eigenvalue weighted by molar-refractivity contribution is 8.01. The van der Waals surface area contributed by atoms with Crippen molar-refractivity contribution in [2.45, 2.75) is 24.0 Å². The van der Waals surface area contributed by atoms with Crippen molar-refractivity contribution in [2.24, 2.45) is 11.7 Å². The average Bonchev–Trinajstić information content (AvgIpc) is 2.62. The molecule has 2 atom stereocenters. The van der Waals surface area contributed by atoms with Gasteiger partial charge in [-0.25, -0.2) is 0 Å². The van der Waals surface area contributed by atoms with Gasteiger partial charge in [-0.3, -0.25) is 0 Å². The number of likely N-dealkylation sites (tertiary alicyclic amines) is 1. The topological polar surface area (TPSA) is 29.3 Å². The molecule has 2 N–H and O–H groups in total. The molecular formula is C10H20N2S. The molecule has 2 fully saturated rings. The van der Waals surface area contributed by atoms with Crippen LogP contribution in [0, 0.1) is 5.92 Å². The van der Waals surface area contributed by atoms with Gasteiger partial charge in [-0.1, -0.05) is 0 Å². The first-order valence-corrected chi connectivity index (χ1v) is 6.25. The maximum Gasteiger partial charge on any atom is 0.0302 e. The lowest BCUT2D eigenvalue weighted by Gasteiger charge is -2.21. The van der Waals surface area contributed by atoms with Gasteiger partial charge in [-0.2, -0.15) is 11.8 Å². The Labute approximate surface area is 85.2 Å². The van der Waals surface area contributed by atoms with Crippen LogP contribution in [0.1, 0.15) is 19.3 Å². The summed E-state index contributed by atoms with van der Waals surface area (Å²) >= 11 is 2.21. The second-order valence-corrected chi connectivity index (χ2v) is 6.12. The summed E-state index contributed by atoms with van der Waals surface area (Å²) < 4.78 is 0.620. The molecule has 2 aliphatic rings. The number of nitrogens with two attached hydrogens (primary N) is 1. The predicted octanol–water partition coefficient (Wildman–Crippen LogP) is 1.16. The molecule has 2 nitrogen and oxygen atoms in total. The Hall–Kier alpha value is 0.270. The number of rotatable bonds is 2. The van der Waals surface area contributed by atoms with E-state index in [0.717, 1.165) is 12.5 Å². The molecule has 13 heavy (non-hydrogen) atoms. The number of thioether (sulfide) groups is 1. The van der Waals surface area contributed by atoms with Crippen molar-refractivity contribution in [3.8, 4) is 0 Å². The summed E-state index contributed by atoms with van der Waals surface area (Å²) in [6.07, 6.45) is 4.05. The summed E-state index contributed by atoms with van der Waals surface area (Å²) in [4.78, 5) is 2.47. The molecule has 2 heterocycles. The fraction of sp³-hybridized carbons (Fsp3) is 1.00. The average molecular weight is 200 g/mol. The zero-order chi connectivity index (χ0) is 9.31. The van der Waals surface area contributed by atoms with Crippen LogP contribution >= 0.6 is 11.8 Å². The van der Waals surface area contributed by atoms with Crippen molar-refractivity contribution in [3.63, 3.8) is 0 Å². The van der Waals surface area contributed by atoms with Crippen molar-refractivity contribution < 1.29 is 0 Å². The van der Waals surface area contributed by atoms with E-state index in [9.17, 15) is 0 Å². The smallest absolute Gasteiger partial charge is 0.0302 e. The Morgan fingerprint density at radius 1 is 1.62 bits per heavy atom. The summed E-state index contributed by atoms with van der Waals surface area (Å²) in [5, 5.41) is 0. The first kappa shape index (κ1) is 9.81. The van der Waals surface area contributed by atoms with Crippen molar-refractivity contribution in [1.82, 2.24) is 4.90 Å². The number of nitrogens with zero attached hydrogens (tertiary/aromatic N) is 1. The normalized spacial score (nSPS) is 40.6. The Kier molecular flexibility index (Phi) is 2.86. The third-order valence-electron chi connectivity index (χ3n) is 3.37. The predicted molar refractivity (Wildman–Crippen MR) is 59.1 cm³/mol. The zero-order valence-corrected chi connectivity index (χ0v) is 9.28. The molecule has 0 amide bonds. The van der Waals surface area contributed by atoms with Crippen LogP contribution in [-0.2, 0) is 0 Å². The molecule has 0 radical (unpaired) electrons. The second kappa shape index (κ2) is 3.79. The third kappa shape index (κ3) is 2.03. The van der Waals surface area contributed by atoms with Crippen LogP contribution in [0.5, 0.6) is 0 Å². The molecule has 0 aromatic heterocycles. The molecule has 0 aromatic rings. The van der Waals surface area contributed by atoms with E-state index in [1.165, 1.54) is 38.1 Å². The van der Waals surface area contributed by atoms with Crippen molar-refractivity contribution >= 4 is 11.8 Å². The SMILES string of the molecule is CN1CCC2(CC(CCN)CS2)C1. The van der Waals surface area contributed by atoms with E-state index in [0.29, 0.717) is 4.75 Å². The highest BCUT2D eigenvalue weighted by Gasteiger charge is 2.43. The molecule has 0 bridgehead atoms. The molecule has 3 heteroatoms. The van der Waals surface area contributed by atoms with Gasteiger partial charge in [0.1, 0.15) is 0 Å². The highest BCUT2D eigenvalue weighted by Crippen LogP contribution is 2.47. The van der Waals surface area contributed by atoms with Crippen LogP contribution in [-0.4, -0.2) is 42.1 Å². The van der Waals surface area contributed by atoms with E-state index in [-0.39, 0.29) is 0 Å². The van der Waals surface area contributed by atoms with Gasteiger partial charge in [-0.05, 0) is 51.1 Å². The van der Waals surface area contributed by atoms with E-state index in [4.69, 9.17) is 5.73 Å². The fourth-order valence-corrected chi connectivity index (χ4v) is 4.46. The van der Waals surface area contributed by atoms with Crippen LogP contribution < -0.4 is 5.73 Å². The largest absolute Gasteiger partial charge is 0.330 e. The van der Waals surface area contributed by atoms with Crippen LogP contribution in [0.2, 0.25) is 0 Å². The van der Waals surface area contributed by atoms with Gasteiger partial charge in [0.05, 0.1) is 0 Å². The molecule has 2 unspecified atom stereocenters. The van der Waals surface area contributed by atoms with Crippen LogP contribution in [0.4, 0.5) is 0 Å². The molecular weight excluding hydrogens is 180 g/mol. The number of hydrogen-bond donors (Lipinski definition) is 1. The Balaban J connectivity index is 1.89. The monoisotopic (exact) mass is 200 g/mol. The van der Waals surface area contributed by atoms with E-state index in [1.54, 1.807) is 0 Å². The molecule has 1 spiro atoms. The summed E-state index contributed by atoms with van der Waals surface area (Å²) in [6.45, 7) is 3.47. The molecule has 0 saturated carbocycles. The zero-order valence-electron chi connectivity index (χ0n) is 8.46.